The maximum Gasteiger partial charge on any atom is 0.143 e. The van der Waals surface area contributed by atoms with Crippen molar-refractivity contribution in [1.82, 2.24) is 0 Å². The third kappa shape index (κ3) is 4.79. The summed E-state index contributed by atoms with van der Waals surface area (Å²) < 4.78 is 17.7. The maximum absolute atomic E-state index is 6.67. The van der Waals surface area contributed by atoms with Gasteiger partial charge in [-0.3, -0.25) is 0 Å². The Morgan fingerprint density at radius 1 is 0.676 bits per heavy atom. The van der Waals surface area contributed by atoms with Gasteiger partial charge in [-0.1, -0.05) is 55.8 Å². The van der Waals surface area contributed by atoms with Crippen LogP contribution in [0, 0.1) is 13.8 Å². The molecule has 0 aliphatic carbocycles. The summed E-state index contributed by atoms with van der Waals surface area (Å²) in [6.07, 6.45) is 2.02. The Morgan fingerprint density at radius 2 is 1.29 bits per heavy atom. The Labute approximate surface area is 202 Å². The van der Waals surface area contributed by atoms with Gasteiger partial charge in [0, 0.05) is 11.1 Å². The molecule has 0 fully saturated rings. The Morgan fingerprint density at radius 3 is 1.88 bits per heavy atom. The second-order valence-corrected chi connectivity index (χ2v) is 8.51. The maximum atomic E-state index is 6.67. The van der Waals surface area contributed by atoms with Crippen LogP contribution in [0.5, 0.6) is 23.0 Å². The highest BCUT2D eigenvalue weighted by molar-refractivity contribution is 5.86. The fourth-order valence-corrected chi connectivity index (χ4v) is 4.44. The number of hydrogen-bond acceptors (Lipinski definition) is 3. The first-order chi connectivity index (χ1) is 16.5. The van der Waals surface area contributed by atoms with E-state index in [1.807, 2.05) is 42.5 Å². The van der Waals surface area contributed by atoms with E-state index in [9.17, 15) is 0 Å². The third-order valence-corrected chi connectivity index (χ3v) is 6.12. The van der Waals surface area contributed by atoms with E-state index in [-0.39, 0.29) is 0 Å². The lowest BCUT2D eigenvalue weighted by molar-refractivity contribution is 0.411. The summed E-state index contributed by atoms with van der Waals surface area (Å²) in [5, 5.41) is 0. The lowest BCUT2D eigenvalue weighted by atomic mass is 9.90. The fourth-order valence-electron chi connectivity index (χ4n) is 4.44. The van der Waals surface area contributed by atoms with Crippen molar-refractivity contribution in [3.63, 3.8) is 0 Å². The molecule has 3 nitrogen and oxygen atoms in total. The van der Waals surface area contributed by atoms with E-state index in [0.29, 0.717) is 0 Å². The second-order valence-electron chi connectivity index (χ2n) is 8.51. The topological polar surface area (TPSA) is 27.7 Å². The summed E-state index contributed by atoms with van der Waals surface area (Å²) >= 11 is 0. The van der Waals surface area contributed by atoms with E-state index in [2.05, 4.69) is 57.2 Å². The van der Waals surface area contributed by atoms with Gasteiger partial charge in [0.2, 0.25) is 0 Å². The summed E-state index contributed by atoms with van der Waals surface area (Å²) in [7, 11) is 3.41. The number of ether oxygens (including phenoxy) is 3. The minimum absolute atomic E-state index is 0.814. The molecular weight excluding hydrogens is 420 g/mol. The van der Waals surface area contributed by atoms with Crippen LogP contribution in [-0.4, -0.2) is 14.2 Å². The number of benzene rings is 4. The second kappa shape index (κ2) is 10.5. The van der Waals surface area contributed by atoms with Crippen molar-refractivity contribution < 1.29 is 14.2 Å². The van der Waals surface area contributed by atoms with E-state index in [0.717, 1.165) is 69.2 Å². The monoisotopic (exact) mass is 452 g/mol. The molecule has 0 N–H and O–H groups in total. The highest BCUT2D eigenvalue weighted by Crippen LogP contribution is 2.45. The average molecular weight is 453 g/mol. The van der Waals surface area contributed by atoms with Crippen LogP contribution in [0.3, 0.4) is 0 Å². The molecule has 0 radical (unpaired) electrons. The van der Waals surface area contributed by atoms with Gasteiger partial charge >= 0.3 is 0 Å². The quantitative estimate of drug-likeness (QED) is 0.269. The molecule has 4 rings (SSSR count). The van der Waals surface area contributed by atoms with Crippen LogP contribution in [0.2, 0.25) is 0 Å². The standard InChI is InChI=1S/C31H32O3/c1-6-10-23-13-16-27(24-14-17-28(32-4)21(2)19-24)31(34-26-11-8-7-9-12-26)30(23)25-15-18-29(33-5)22(3)20-25/h7-9,11-20H,6,10H2,1-5H3. The molecule has 0 aliphatic heterocycles. The first-order valence-corrected chi connectivity index (χ1v) is 11.7. The van der Waals surface area contributed by atoms with Crippen LogP contribution < -0.4 is 14.2 Å². The molecule has 0 atom stereocenters. The Balaban J connectivity index is 1.99. The van der Waals surface area contributed by atoms with Gasteiger partial charge in [0.25, 0.3) is 0 Å². The van der Waals surface area contributed by atoms with E-state index < -0.39 is 0 Å². The van der Waals surface area contributed by atoms with Crippen molar-refractivity contribution in [1.29, 1.82) is 0 Å². The Kier molecular flexibility index (Phi) is 7.22. The molecule has 0 unspecified atom stereocenters. The van der Waals surface area contributed by atoms with Crippen molar-refractivity contribution >= 4 is 0 Å². The molecule has 0 heterocycles. The summed E-state index contributed by atoms with van der Waals surface area (Å²) in [6, 6.07) is 27.1. The molecule has 0 saturated carbocycles. The fraction of sp³-hybridized carbons (Fsp3) is 0.226. The molecule has 34 heavy (non-hydrogen) atoms. The molecule has 4 aromatic rings. The molecule has 0 saturated heterocycles. The SMILES string of the molecule is CCCc1ccc(-c2ccc(OC)c(C)c2)c(Oc2ccccc2)c1-c1ccc(OC)c(C)c1. The largest absolute Gasteiger partial charge is 0.496 e. The molecule has 0 amide bonds. The molecule has 174 valence electrons. The van der Waals surface area contributed by atoms with Gasteiger partial charge in [0.15, 0.2) is 0 Å². The van der Waals surface area contributed by atoms with Crippen LogP contribution in [0.1, 0.15) is 30.0 Å². The molecule has 0 aliphatic rings. The first-order valence-electron chi connectivity index (χ1n) is 11.7. The summed E-state index contributed by atoms with van der Waals surface area (Å²) in [5.74, 6) is 3.44. The molecule has 3 heteroatoms. The molecule has 0 bridgehead atoms. The zero-order valence-electron chi connectivity index (χ0n) is 20.6. The van der Waals surface area contributed by atoms with Gasteiger partial charge in [0.1, 0.15) is 23.0 Å². The number of aryl methyl sites for hydroxylation is 3. The summed E-state index contributed by atoms with van der Waals surface area (Å²) in [6.45, 7) is 6.36. The van der Waals surface area contributed by atoms with Crippen LogP contribution in [-0.2, 0) is 6.42 Å². The minimum Gasteiger partial charge on any atom is -0.496 e. The summed E-state index contributed by atoms with van der Waals surface area (Å²) in [5.41, 5.74) is 7.86. The van der Waals surface area contributed by atoms with Gasteiger partial charge in [-0.2, -0.15) is 0 Å². The normalized spacial score (nSPS) is 10.7. The molecule has 0 aromatic heterocycles. The predicted molar refractivity (Wildman–Crippen MR) is 140 cm³/mol. The van der Waals surface area contributed by atoms with Crippen LogP contribution in [0.25, 0.3) is 22.3 Å². The van der Waals surface area contributed by atoms with Crippen LogP contribution in [0.4, 0.5) is 0 Å². The average Bonchev–Trinajstić information content (AvgIpc) is 2.85. The Bertz CT molecular complexity index is 1280. The first kappa shape index (κ1) is 23.4. The van der Waals surface area contributed by atoms with Crippen LogP contribution in [0.15, 0.2) is 78.9 Å². The van der Waals surface area contributed by atoms with E-state index >= 15 is 0 Å². The van der Waals surface area contributed by atoms with Crippen molar-refractivity contribution in [3.8, 4) is 45.3 Å². The number of methoxy groups -OCH3 is 2. The van der Waals surface area contributed by atoms with Gasteiger partial charge in [0.05, 0.1) is 14.2 Å². The molecular formula is C31H32O3. The van der Waals surface area contributed by atoms with E-state index in [1.165, 1.54) is 5.56 Å². The minimum atomic E-state index is 0.814. The zero-order chi connectivity index (χ0) is 24.1. The third-order valence-electron chi connectivity index (χ3n) is 6.12. The highest BCUT2D eigenvalue weighted by atomic mass is 16.5. The zero-order valence-corrected chi connectivity index (χ0v) is 20.6. The summed E-state index contributed by atoms with van der Waals surface area (Å²) in [4.78, 5) is 0. The van der Waals surface area contributed by atoms with Gasteiger partial charge in [-0.05, 0) is 84.5 Å². The van der Waals surface area contributed by atoms with Crippen molar-refractivity contribution in [2.75, 3.05) is 14.2 Å². The van der Waals surface area contributed by atoms with Crippen molar-refractivity contribution in [2.24, 2.45) is 0 Å². The molecule has 0 spiro atoms. The predicted octanol–water partition coefficient (Wildman–Crippen LogP) is 8.40. The molecule has 4 aromatic carbocycles. The number of rotatable bonds is 8. The number of hydrogen-bond donors (Lipinski definition) is 0. The van der Waals surface area contributed by atoms with Gasteiger partial charge < -0.3 is 14.2 Å². The Hall–Kier alpha value is -3.72. The smallest absolute Gasteiger partial charge is 0.143 e. The lowest BCUT2D eigenvalue weighted by Gasteiger charge is -2.21. The highest BCUT2D eigenvalue weighted by Gasteiger charge is 2.20. The van der Waals surface area contributed by atoms with Gasteiger partial charge in [-0.15, -0.1) is 0 Å². The lowest BCUT2D eigenvalue weighted by Crippen LogP contribution is -1.99. The van der Waals surface area contributed by atoms with Crippen molar-refractivity contribution in [2.45, 2.75) is 33.6 Å². The van der Waals surface area contributed by atoms with Crippen molar-refractivity contribution in [3.05, 3.63) is 95.6 Å². The van der Waals surface area contributed by atoms with Crippen LogP contribution >= 0.6 is 0 Å². The van der Waals surface area contributed by atoms with E-state index in [4.69, 9.17) is 14.2 Å². The number of para-hydroxylation sites is 1. The van der Waals surface area contributed by atoms with Gasteiger partial charge in [-0.25, -0.2) is 0 Å². The van der Waals surface area contributed by atoms with E-state index in [1.54, 1.807) is 14.2 Å².